The fourth-order valence-corrected chi connectivity index (χ4v) is 5.69. The molecule has 0 spiro atoms. The second-order valence-electron chi connectivity index (χ2n) is 7.24. The standard InChI is InChI=1S/C22H23N3O5S2/c1-2-29-21(27)18-15-11-7-4-8-12-16(15)32-19(18)23-17(26)13-31-20-22(28)30-24-25(20)14-9-5-3-6-10-14/h3,5-6,9-10H,2,4,7-8,11-13H2,1H3,(H-,23,24,26,27,28). The average Bonchev–Trinajstić information content (AvgIpc) is 3.23. The van der Waals surface area contributed by atoms with Crippen molar-refractivity contribution in [2.45, 2.75) is 44.1 Å². The van der Waals surface area contributed by atoms with Crippen LogP contribution in [0.25, 0.3) is 5.69 Å². The highest BCUT2D eigenvalue weighted by Crippen LogP contribution is 2.38. The lowest BCUT2D eigenvalue weighted by Crippen LogP contribution is -2.35. The van der Waals surface area contributed by atoms with Crippen LogP contribution >= 0.6 is 23.1 Å². The first kappa shape index (κ1) is 22.3. The largest absolute Gasteiger partial charge is 0.538 e. The Hall–Kier alpha value is -2.85. The van der Waals surface area contributed by atoms with E-state index in [4.69, 9.17) is 9.26 Å². The highest BCUT2D eigenvalue weighted by molar-refractivity contribution is 7.99. The first-order valence-corrected chi connectivity index (χ1v) is 12.3. The van der Waals surface area contributed by atoms with Crippen LogP contribution in [-0.2, 0) is 22.4 Å². The van der Waals surface area contributed by atoms with Crippen molar-refractivity contribution in [2.24, 2.45) is 0 Å². The molecule has 3 aromatic rings. The number of para-hydroxylation sites is 1. The van der Waals surface area contributed by atoms with Gasteiger partial charge in [-0.15, -0.1) is 11.3 Å². The minimum Gasteiger partial charge on any atom is -0.538 e. The number of nitrogens with one attached hydrogen (secondary N) is 1. The molecule has 1 N–H and O–H groups in total. The van der Waals surface area contributed by atoms with E-state index < -0.39 is 11.9 Å². The number of anilines is 1. The van der Waals surface area contributed by atoms with Gasteiger partial charge >= 0.3 is 5.97 Å². The molecular formula is C22H23N3O5S2. The summed E-state index contributed by atoms with van der Waals surface area (Å²) in [6.45, 7) is 2.03. The first-order valence-electron chi connectivity index (χ1n) is 10.5. The number of aromatic nitrogens is 2. The molecule has 1 aliphatic carbocycles. The maximum Gasteiger partial charge on any atom is 0.341 e. The Morgan fingerprint density at radius 1 is 1.25 bits per heavy atom. The summed E-state index contributed by atoms with van der Waals surface area (Å²) in [5, 5.41) is 19.5. The van der Waals surface area contributed by atoms with Crippen LogP contribution in [0.3, 0.4) is 0 Å². The van der Waals surface area contributed by atoms with Crippen molar-refractivity contribution in [3.63, 3.8) is 0 Å². The predicted octanol–water partition coefficient (Wildman–Crippen LogP) is 3.26. The van der Waals surface area contributed by atoms with Gasteiger partial charge in [-0.25, -0.2) is 4.79 Å². The summed E-state index contributed by atoms with van der Waals surface area (Å²) in [5.41, 5.74) is 2.13. The van der Waals surface area contributed by atoms with Crippen LogP contribution < -0.4 is 15.1 Å². The molecule has 0 fully saturated rings. The van der Waals surface area contributed by atoms with Crippen LogP contribution in [0.2, 0.25) is 0 Å². The highest BCUT2D eigenvalue weighted by atomic mass is 32.2. The quantitative estimate of drug-likeness (QED) is 0.243. The van der Waals surface area contributed by atoms with E-state index >= 15 is 0 Å². The highest BCUT2D eigenvalue weighted by Gasteiger charge is 2.27. The predicted molar refractivity (Wildman–Crippen MR) is 118 cm³/mol. The van der Waals surface area contributed by atoms with Gasteiger partial charge in [0.1, 0.15) is 5.00 Å². The molecule has 2 aromatic heterocycles. The van der Waals surface area contributed by atoms with E-state index in [1.807, 2.05) is 18.2 Å². The summed E-state index contributed by atoms with van der Waals surface area (Å²) in [7, 11) is 0. The molecule has 0 bridgehead atoms. The first-order chi connectivity index (χ1) is 15.6. The molecule has 8 nitrogen and oxygen atoms in total. The number of hydrogen-bond acceptors (Lipinski definition) is 8. The van der Waals surface area contributed by atoms with E-state index in [9.17, 15) is 14.7 Å². The Kier molecular flexibility index (Phi) is 7.11. The molecule has 0 saturated carbocycles. The number of rotatable bonds is 7. The van der Waals surface area contributed by atoms with E-state index in [1.54, 1.807) is 19.1 Å². The number of fused-ring (bicyclic) bond motifs is 1. The van der Waals surface area contributed by atoms with Crippen molar-refractivity contribution in [1.29, 1.82) is 0 Å². The number of esters is 1. The second kappa shape index (κ2) is 10.2. The van der Waals surface area contributed by atoms with Crippen molar-refractivity contribution in [2.75, 3.05) is 17.7 Å². The van der Waals surface area contributed by atoms with Gasteiger partial charge in [-0.05, 0) is 54.6 Å². The third-order valence-corrected chi connectivity index (χ3v) is 7.29. The zero-order valence-electron chi connectivity index (χ0n) is 17.6. The van der Waals surface area contributed by atoms with Gasteiger partial charge in [0.2, 0.25) is 11.6 Å². The Morgan fingerprint density at radius 2 is 2.03 bits per heavy atom. The summed E-state index contributed by atoms with van der Waals surface area (Å²) in [4.78, 5) is 26.5. The molecule has 0 atom stereocenters. The minimum absolute atomic E-state index is 0.0336. The lowest BCUT2D eigenvalue weighted by Gasteiger charge is -2.08. The molecule has 1 amide bonds. The SMILES string of the molecule is CCOC(=O)c1c(NC(=O)CSc2c([O-])on[n+]2-c2ccccc2)sc2c1CCCCC2. The maximum atomic E-state index is 12.7. The number of nitrogens with zero attached hydrogens (tertiary/aromatic N) is 2. The van der Waals surface area contributed by atoms with E-state index in [0.717, 1.165) is 54.3 Å². The van der Waals surface area contributed by atoms with Crippen LogP contribution in [-0.4, -0.2) is 29.5 Å². The van der Waals surface area contributed by atoms with Gasteiger partial charge in [-0.1, -0.05) is 24.6 Å². The van der Waals surface area contributed by atoms with Gasteiger partial charge in [0.05, 0.1) is 23.2 Å². The number of hydrogen-bond donors (Lipinski definition) is 1. The lowest BCUT2D eigenvalue weighted by atomic mass is 10.1. The van der Waals surface area contributed by atoms with Crippen molar-refractivity contribution in [3.8, 4) is 11.6 Å². The van der Waals surface area contributed by atoms with Crippen LogP contribution in [0.1, 0.15) is 47.0 Å². The monoisotopic (exact) mass is 473 g/mol. The summed E-state index contributed by atoms with van der Waals surface area (Å²) < 4.78 is 11.4. The number of aryl methyl sites for hydroxylation is 1. The summed E-state index contributed by atoms with van der Waals surface area (Å²) >= 11 is 2.48. The average molecular weight is 474 g/mol. The summed E-state index contributed by atoms with van der Waals surface area (Å²) in [6, 6.07) is 9.07. The van der Waals surface area contributed by atoms with E-state index in [-0.39, 0.29) is 23.3 Å². The Labute approximate surface area is 193 Å². The van der Waals surface area contributed by atoms with E-state index in [0.29, 0.717) is 16.3 Å². The number of benzene rings is 1. The van der Waals surface area contributed by atoms with Crippen LogP contribution in [0.4, 0.5) is 5.00 Å². The summed E-state index contributed by atoms with van der Waals surface area (Å²) in [6.07, 6.45) is 4.91. The van der Waals surface area contributed by atoms with E-state index in [2.05, 4.69) is 10.6 Å². The van der Waals surface area contributed by atoms with Crippen molar-refractivity contribution >= 4 is 40.0 Å². The molecular weight excluding hydrogens is 450 g/mol. The second-order valence-corrected chi connectivity index (χ2v) is 9.31. The van der Waals surface area contributed by atoms with Crippen LogP contribution in [0.15, 0.2) is 39.9 Å². The molecule has 32 heavy (non-hydrogen) atoms. The maximum absolute atomic E-state index is 12.7. The molecule has 0 saturated heterocycles. The van der Waals surface area contributed by atoms with Crippen molar-refractivity contribution in [3.05, 3.63) is 46.3 Å². The molecule has 0 unspecified atom stereocenters. The van der Waals surface area contributed by atoms with Crippen LogP contribution in [0.5, 0.6) is 5.95 Å². The van der Waals surface area contributed by atoms with Gasteiger partial charge in [-0.3, -0.25) is 4.79 Å². The Morgan fingerprint density at radius 3 is 2.81 bits per heavy atom. The fraction of sp³-hybridized carbons (Fsp3) is 0.364. The zero-order chi connectivity index (χ0) is 22.5. The minimum atomic E-state index is -0.610. The number of thiophene rings is 1. The smallest absolute Gasteiger partial charge is 0.341 e. The number of amides is 1. The Balaban J connectivity index is 1.51. The molecule has 2 heterocycles. The molecule has 1 aliphatic rings. The number of ether oxygens (including phenoxy) is 1. The molecule has 10 heteroatoms. The van der Waals surface area contributed by atoms with E-state index in [1.165, 1.54) is 16.0 Å². The van der Waals surface area contributed by atoms with Gasteiger partial charge in [0.15, 0.2) is 5.95 Å². The fourth-order valence-electron chi connectivity index (χ4n) is 3.64. The van der Waals surface area contributed by atoms with Gasteiger partial charge < -0.3 is 19.7 Å². The summed E-state index contributed by atoms with van der Waals surface area (Å²) in [5.74, 6) is -1.37. The molecule has 168 valence electrons. The molecule has 1 aromatic carbocycles. The Bertz CT molecular complexity index is 1110. The zero-order valence-corrected chi connectivity index (χ0v) is 19.2. The van der Waals surface area contributed by atoms with Gasteiger partial charge in [0, 0.05) is 17.0 Å². The van der Waals surface area contributed by atoms with Gasteiger partial charge in [0.25, 0.3) is 5.03 Å². The lowest BCUT2D eigenvalue weighted by molar-refractivity contribution is -0.705. The molecule has 0 aliphatic heterocycles. The van der Waals surface area contributed by atoms with Gasteiger partial charge in [-0.2, -0.15) is 0 Å². The topological polar surface area (TPSA) is 108 Å². The van der Waals surface area contributed by atoms with Crippen molar-refractivity contribution < 1.29 is 28.6 Å². The number of carbonyl (C=O) groups excluding carboxylic acids is 2. The third kappa shape index (κ3) is 4.81. The van der Waals surface area contributed by atoms with Crippen molar-refractivity contribution in [1.82, 2.24) is 5.27 Å². The molecule has 4 rings (SSSR count). The number of carbonyl (C=O) groups is 2. The number of thioether (sulfide) groups is 1. The molecule has 0 radical (unpaired) electrons. The third-order valence-electron chi connectivity index (χ3n) is 5.07. The normalized spacial score (nSPS) is 13.3. The van der Waals surface area contributed by atoms with Crippen LogP contribution in [0, 0.1) is 0 Å².